The van der Waals surface area contributed by atoms with Crippen LogP contribution in [0.4, 0.5) is 5.95 Å². The molecule has 0 fully saturated rings. The van der Waals surface area contributed by atoms with Crippen molar-refractivity contribution in [3.63, 3.8) is 0 Å². The highest BCUT2D eigenvalue weighted by atomic mass is 16.5. The predicted octanol–water partition coefficient (Wildman–Crippen LogP) is 3.52. The number of rotatable bonds is 8. The molecule has 0 aliphatic heterocycles. The summed E-state index contributed by atoms with van der Waals surface area (Å²) in [4.78, 5) is 18.5. The SMILES string of the molecule is CCCCOc1ccc(/C=N\Nc2nc(C(C)C)cc(=O)[nH]2)cc1. The van der Waals surface area contributed by atoms with E-state index in [1.165, 1.54) is 6.07 Å². The first-order valence-corrected chi connectivity index (χ1v) is 8.21. The van der Waals surface area contributed by atoms with Crippen LogP contribution < -0.4 is 15.7 Å². The Hall–Kier alpha value is -2.63. The van der Waals surface area contributed by atoms with Gasteiger partial charge in [0, 0.05) is 6.07 Å². The Labute approximate surface area is 142 Å². The van der Waals surface area contributed by atoms with Crippen molar-refractivity contribution in [2.45, 2.75) is 39.5 Å². The fourth-order valence-electron chi connectivity index (χ4n) is 1.98. The van der Waals surface area contributed by atoms with Gasteiger partial charge in [0.15, 0.2) is 0 Å². The first kappa shape index (κ1) is 17.7. The van der Waals surface area contributed by atoms with Gasteiger partial charge in [0.2, 0.25) is 5.95 Å². The molecule has 0 spiro atoms. The van der Waals surface area contributed by atoms with Crippen LogP contribution in [0.1, 0.15) is 50.8 Å². The van der Waals surface area contributed by atoms with E-state index in [0.717, 1.165) is 36.5 Å². The topological polar surface area (TPSA) is 79.4 Å². The Morgan fingerprint density at radius 2 is 2.08 bits per heavy atom. The molecule has 0 atom stereocenters. The molecule has 0 unspecified atom stereocenters. The van der Waals surface area contributed by atoms with Gasteiger partial charge in [-0.25, -0.2) is 10.4 Å². The Morgan fingerprint density at radius 1 is 1.33 bits per heavy atom. The van der Waals surface area contributed by atoms with Gasteiger partial charge in [-0.1, -0.05) is 27.2 Å². The molecule has 1 aromatic heterocycles. The number of nitrogens with one attached hydrogen (secondary N) is 2. The zero-order valence-corrected chi connectivity index (χ0v) is 14.4. The van der Waals surface area contributed by atoms with Crippen LogP contribution in [0.2, 0.25) is 0 Å². The van der Waals surface area contributed by atoms with Crippen molar-refractivity contribution < 1.29 is 4.74 Å². The molecule has 2 rings (SSSR count). The molecule has 1 heterocycles. The summed E-state index contributed by atoms with van der Waals surface area (Å²) >= 11 is 0. The van der Waals surface area contributed by atoms with Crippen molar-refractivity contribution in [2.75, 3.05) is 12.0 Å². The van der Waals surface area contributed by atoms with Crippen LogP contribution in [0.15, 0.2) is 40.2 Å². The summed E-state index contributed by atoms with van der Waals surface area (Å²) in [6, 6.07) is 9.17. The molecule has 24 heavy (non-hydrogen) atoms. The van der Waals surface area contributed by atoms with Gasteiger partial charge < -0.3 is 4.74 Å². The van der Waals surface area contributed by atoms with Crippen molar-refractivity contribution in [2.24, 2.45) is 5.10 Å². The number of aromatic nitrogens is 2. The molecule has 6 nitrogen and oxygen atoms in total. The number of ether oxygens (including phenoxy) is 1. The van der Waals surface area contributed by atoms with E-state index < -0.39 is 0 Å². The second-order valence-corrected chi connectivity index (χ2v) is 5.81. The lowest BCUT2D eigenvalue weighted by atomic mass is 10.1. The van der Waals surface area contributed by atoms with Crippen LogP contribution in [-0.2, 0) is 0 Å². The molecule has 2 aromatic rings. The van der Waals surface area contributed by atoms with Crippen molar-refractivity contribution in [1.29, 1.82) is 0 Å². The third-order valence-electron chi connectivity index (χ3n) is 3.38. The van der Waals surface area contributed by atoms with Gasteiger partial charge in [-0.15, -0.1) is 0 Å². The molecule has 0 saturated heterocycles. The van der Waals surface area contributed by atoms with E-state index in [1.54, 1.807) is 6.21 Å². The number of anilines is 1. The van der Waals surface area contributed by atoms with Gasteiger partial charge in [0.25, 0.3) is 5.56 Å². The van der Waals surface area contributed by atoms with Crippen LogP contribution in [0.25, 0.3) is 0 Å². The minimum absolute atomic E-state index is 0.178. The highest BCUT2D eigenvalue weighted by molar-refractivity contribution is 5.80. The van der Waals surface area contributed by atoms with E-state index >= 15 is 0 Å². The van der Waals surface area contributed by atoms with Crippen LogP contribution in [0.5, 0.6) is 5.75 Å². The smallest absolute Gasteiger partial charge is 0.252 e. The van der Waals surface area contributed by atoms with Crippen molar-refractivity contribution >= 4 is 12.2 Å². The monoisotopic (exact) mass is 328 g/mol. The van der Waals surface area contributed by atoms with Crippen molar-refractivity contribution in [1.82, 2.24) is 9.97 Å². The Bertz CT molecular complexity index is 721. The number of hydrazone groups is 1. The number of H-pyrrole nitrogens is 1. The van der Waals surface area contributed by atoms with Gasteiger partial charge in [0.05, 0.1) is 18.5 Å². The Kier molecular flexibility index (Phi) is 6.54. The molecule has 1 aromatic carbocycles. The second kappa shape index (κ2) is 8.86. The molecular formula is C18H24N4O2. The predicted molar refractivity (Wildman–Crippen MR) is 97.0 cm³/mol. The number of unbranched alkanes of at least 4 members (excludes halogenated alkanes) is 1. The van der Waals surface area contributed by atoms with Gasteiger partial charge in [-0.3, -0.25) is 9.78 Å². The normalized spacial score (nSPS) is 11.2. The van der Waals surface area contributed by atoms with Gasteiger partial charge in [0.1, 0.15) is 5.75 Å². The molecule has 128 valence electrons. The first-order valence-electron chi connectivity index (χ1n) is 8.21. The van der Waals surface area contributed by atoms with E-state index in [-0.39, 0.29) is 11.5 Å². The molecule has 0 aliphatic rings. The largest absolute Gasteiger partial charge is 0.494 e. The number of hydrogen-bond donors (Lipinski definition) is 2. The average molecular weight is 328 g/mol. The average Bonchev–Trinajstić information content (AvgIpc) is 2.56. The lowest BCUT2D eigenvalue weighted by molar-refractivity contribution is 0.309. The second-order valence-electron chi connectivity index (χ2n) is 5.81. The molecule has 0 saturated carbocycles. The third kappa shape index (κ3) is 5.53. The molecular weight excluding hydrogens is 304 g/mol. The summed E-state index contributed by atoms with van der Waals surface area (Å²) in [6.07, 6.45) is 3.83. The molecule has 0 bridgehead atoms. The minimum Gasteiger partial charge on any atom is -0.494 e. The van der Waals surface area contributed by atoms with Gasteiger partial charge >= 0.3 is 0 Å². The summed E-state index contributed by atoms with van der Waals surface area (Å²) in [5.74, 6) is 1.36. The number of aromatic amines is 1. The minimum atomic E-state index is -0.194. The summed E-state index contributed by atoms with van der Waals surface area (Å²) in [5, 5.41) is 4.11. The lowest BCUT2D eigenvalue weighted by Crippen LogP contribution is -2.12. The maximum absolute atomic E-state index is 11.6. The zero-order chi connectivity index (χ0) is 17.4. The van der Waals surface area contributed by atoms with E-state index in [9.17, 15) is 4.79 Å². The van der Waals surface area contributed by atoms with Gasteiger partial charge in [-0.2, -0.15) is 5.10 Å². The van der Waals surface area contributed by atoms with Crippen LogP contribution in [0.3, 0.4) is 0 Å². The quantitative estimate of drug-likeness (QED) is 0.441. The molecule has 0 amide bonds. The fourth-order valence-corrected chi connectivity index (χ4v) is 1.98. The lowest BCUT2D eigenvalue weighted by Gasteiger charge is -2.06. The third-order valence-corrected chi connectivity index (χ3v) is 3.38. The Balaban J connectivity index is 1.95. The highest BCUT2D eigenvalue weighted by Gasteiger charge is 2.04. The molecule has 6 heteroatoms. The highest BCUT2D eigenvalue weighted by Crippen LogP contribution is 2.12. The van der Waals surface area contributed by atoms with Crippen LogP contribution >= 0.6 is 0 Å². The fraction of sp³-hybridized carbons (Fsp3) is 0.389. The first-order chi connectivity index (χ1) is 11.6. The Morgan fingerprint density at radius 3 is 2.75 bits per heavy atom. The maximum atomic E-state index is 11.6. The standard InChI is InChI=1S/C18H24N4O2/c1-4-5-10-24-15-8-6-14(7-9-15)12-19-22-18-20-16(13(2)3)11-17(23)21-18/h6-9,11-13H,4-5,10H2,1-3H3,(H2,20,21,22,23)/b19-12-. The van der Waals surface area contributed by atoms with E-state index in [4.69, 9.17) is 4.74 Å². The number of hydrogen-bond acceptors (Lipinski definition) is 5. The molecule has 0 aliphatic carbocycles. The van der Waals surface area contributed by atoms with Crippen molar-refractivity contribution in [3.8, 4) is 5.75 Å². The summed E-state index contributed by atoms with van der Waals surface area (Å²) < 4.78 is 5.61. The maximum Gasteiger partial charge on any atom is 0.252 e. The van der Waals surface area contributed by atoms with E-state index in [0.29, 0.717) is 5.95 Å². The van der Waals surface area contributed by atoms with Crippen LogP contribution in [-0.4, -0.2) is 22.8 Å². The summed E-state index contributed by atoms with van der Waals surface area (Å²) in [5.41, 5.74) is 4.21. The summed E-state index contributed by atoms with van der Waals surface area (Å²) in [6.45, 7) is 6.84. The molecule has 2 N–H and O–H groups in total. The summed E-state index contributed by atoms with van der Waals surface area (Å²) in [7, 11) is 0. The van der Waals surface area contributed by atoms with Crippen molar-refractivity contribution in [3.05, 3.63) is 51.9 Å². The van der Waals surface area contributed by atoms with Crippen LogP contribution in [0, 0.1) is 0 Å². The van der Waals surface area contributed by atoms with Gasteiger partial charge in [-0.05, 0) is 42.2 Å². The number of nitrogens with zero attached hydrogens (tertiary/aromatic N) is 2. The zero-order valence-electron chi connectivity index (χ0n) is 14.4. The van der Waals surface area contributed by atoms with E-state index in [1.807, 2.05) is 38.1 Å². The molecule has 0 radical (unpaired) electrons. The number of benzene rings is 1. The van der Waals surface area contributed by atoms with E-state index in [2.05, 4.69) is 27.4 Å².